The van der Waals surface area contributed by atoms with Gasteiger partial charge in [-0.1, -0.05) is 11.6 Å². The van der Waals surface area contributed by atoms with Gasteiger partial charge in [-0.05, 0) is 25.1 Å². The van der Waals surface area contributed by atoms with E-state index in [0.29, 0.717) is 5.58 Å². The monoisotopic (exact) mass is 184 g/mol. The lowest BCUT2D eigenvalue weighted by Gasteiger charge is -1.98. The van der Waals surface area contributed by atoms with Crippen LogP contribution in [-0.2, 0) is 0 Å². The van der Waals surface area contributed by atoms with Crippen molar-refractivity contribution in [3.8, 4) is 6.07 Å². The second kappa shape index (κ2) is 3.00. The molecule has 0 spiro atoms. The fraction of sp³-hybridized carbons (Fsp3) is 0.0909. The summed E-state index contributed by atoms with van der Waals surface area (Å²) in [5.41, 5.74) is 1.93. The predicted octanol–water partition coefficient (Wildman–Crippen LogP) is 2.09. The van der Waals surface area contributed by atoms with E-state index in [0.717, 1.165) is 10.9 Å². The molecule has 0 unspecified atom stereocenters. The molecule has 0 amide bonds. The van der Waals surface area contributed by atoms with Crippen molar-refractivity contribution in [3.63, 3.8) is 0 Å². The summed E-state index contributed by atoms with van der Waals surface area (Å²) in [7, 11) is 0. The van der Waals surface area contributed by atoms with Crippen LogP contribution in [0.4, 0.5) is 0 Å². The first-order valence-electron chi connectivity index (χ1n) is 4.20. The molecule has 2 aromatic rings. The number of nitriles is 1. The van der Waals surface area contributed by atoms with Crippen molar-refractivity contribution in [3.05, 3.63) is 40.9 Å². The molecule has 2 rings (SSSR count). The maximum absolute atomic E-state index is 8.72. The first-order chi connectivity index (χ1) is 6.70. The van der Waals surface area contributed by atoms with Crippen LogP contribution in [0.2, 0.25) is 0 Å². The smallest absolute Gasteiger partial charge is 0.229 e. The Morgan fingerprint density at radius 3 is 2.86 bits per heavy atom. The van der Waals surface area contributed by atoms with E-state index in [2.05, 4.69) is 0 Å². The number of fused-ring (bicyclic) bond motifs is 1. The molecule has 0 fully saturated rings. The van der Waals surface area contributed by atoms with E-state index in [1.165, 1.54) is 0 Å². The topological polar surface area (TPSA) is 60.8 Å². The van der Waals surface area contributed by atoms with E-state index in [-0.39, 0.29) is 11.1 Å². The molecule has 0 aliphatic rings. The molecule has 0 aliphatic carbocycles. The van der Waals surface area contributed by atoms with Gasteiger partial charge in [0.2, 0.25) is 5.55 Å². The fourth-order valence-corrected chi connectivity index (χ4v) is 1.34. The summed E-state index contributed by atoms with van der Waals surface area (Å²) in [5, 5.41) is 17.0. The van der Waals surface area contributed by atoms with E-state index in [9.17, 15) is 0 Å². The van der Waals surface area contributed by atoms with Gasteiger partial charge >= 0.3 is 0 Å². The molecule has 0 atom stereocenters. The molecule has 0 bridgehead atoms. The first-order valence-corrected chi connectivity index (χ1v) is 4.20. The standard InChI is InChI=1S/C11H8N2O/c1-7-2-3-10-8(4-7)5-9(6-12)11(13)14-10/h2-5,13H,1H3. The van der Waals surface area contributed by atoms with Gasteiger partial charge in [-0.25, -0.2) is 0 Å². The molecule has 1 aromatic carbocycles. The largest absolute Gasteiger partial charge is 0.438 e. The molecule has 3 nitrogen and oxygen atoms in total. The van der Waals surface area contributed by atoms with Crippen LogP contribution in [0.25, 0.3) is 11.0 Å². The van der Waals surface area contributed by atoms with Crippen molar-refractivity contribution in [2.45, 2.75) is 6.92 Å². The first kappa shape index (κ1) is 8.52. The van der Waals surface area contributed by atoms with Gasteiger partial charge in [0.1, 0.15) is 17.2 Å². The number of nitrogens with one attached hydrogen (secondary N) is 1. The van der Waals surface area contributed by atoms with Crippen molar-refractivity contribution in [2.24, 2.45) is 0 Å². The minimum Gasteiger partial charge on any atom is -0.438 e. The third-order valence-corrected chi connectivity index (χ3v) is 2.04. The minimum absolute atomic E-state index is 0.0798. The van der Waals surface area contributed by atoms with Crippen LogP contribution in [0.15, 0.2) is 28.7 Å². The second-order valence-electron chi connectivity index (χ2n) is 3.14. The Kier molecular flexibility index (Phi) is 1.83. The van der Waals surface area contributed by atoms with E-state index in [1.807, 2.05) is 31.2 Å². The van der Waals surface area contributed by atoms with Gasteiger partial charge in [-0.2, -0.15) is 5.26 Å². The average Bonchev–Trinajstić information content (AvgIpc) is 2.17. The van der Waals surface area contributed by atoms with Gasteiger partial charge in [-0.3, -0.25) is 5.41 Å². The molecule has 1 aromatic heterocycles. The summed E-state index contributed by atoms with van der Waals surface area (Å²) in [6.07, 6.45) is 0. The van der Waals surface area contributed by atoms with Gasteiger partial charge < -0.3 is 4.42 Å². The molecular formula is C11H8N2O. The lowest BCUT2D eigenvalue weighted by Crippen LogP contribution is -2.03. The normalized spacial score (nSPS) is 10.0. The zero-order valence-electron chi connectivity index (χ0n) is 7.66. The summed E-state index contributed by atoms with van der Waals surface area (Å²) < 4.78 is 5.18. The highest BCUT2D eigenvalue weighted by Crippen LogP contribution is 2.14. The number of hydrogen-bond donors (Lipinski definition) is 1. The van der Waals surface area contributed by atoms with E-state index < -0.39 is 0 Å². The van der Waals surface area contributed by atoms with E-state index in [1.54, 1.807) is 6.07 Å². The molecule has 3 heteroatoms. The molecule has 1 heterocycles. The number of aryl methyl sites for hydroxylation is 1. The second-order valence-corrected chi connectivity index (χ2v) is 3.14. The Balaban J connectivity index is 2.89. The molecule has 68 valence electrons. The Hall–Kier alpha value is -2.08. The van der Waals surface area contributed by atoms with E-state index in [4.69, 9.17) is 15.1 Å². The highest BCUT2D eigenvalue weighted by atomic mass is 16.3. The maximum atomic E-state index is 8.72. The van der Waals surface area contributed by atoms with Gasteiger partial charge in [0.25, 0.3) is 0 Å². The number of benzene rings is 1. The average molecular weight is 184 g/mol. The molecule has 14 heavy (non-hydrogen) atoms. The Bertz CT molecular complexity index is 590. The van der Waals surface area contributed by atoms with Crippen molar-refractivity contribution >= 4 is 11.0 Å². The quantitative estimate of drug-likeness (QED) is 0.681. The zero-order chi connectivity index (χ0) is 10.1. The number of rotatable bonds is 0. The van der Waals surface area contributed by atoms with Gasteiger partial charge in [0, 0.05) is 5.39 Å². The molecule has 0 saturated carbocycles. The van der Waals surface area contributed by atoms with E-state index >= 15 is 0 Å². The van der Waals surface area contributed by atoms with Crippen molar-refractivity contribution in [2.75, 3.05) is 0 Å². The molecule has 0 radical (unpaired) electrons. The van der Waals surface area contributed by atoms with Gasteiger partial charge in [-0.15, -0.1) is 0 Å². The van der Waals surface area contributed by atoms with Crippen LogP contribution in [0.1, 0.15) is 11.1 Å². The zero-order valence-corrected chi connectivity index (χ0v) is 7.66. The Morgan fingerprint density at radius 2 is 2.14 bits per heavy atom. The summed E-state index contributed by atoms with van der Waals surface area (Å²) in [4.78, 5) is 0. The summed E-state index contributed by atoms with van der Waals surface area (Å²) in [5.74, 6) is 0. The minimum atomic E-state index is -0.0798. The number of hydrogen-bond acceptors (Lipinski definition) is 3. The lowest BCUT2D eigenvalue weighted by molar-refractivity contribution is 0.530. The van der Waals surface area contributed by atoms with Gasteiger partial charge in [0.05, 0.1) is 0 Å². The Labute approximate surface area is 80.7 Å². The van der Waals surface area contributed by atoms with Crippen LogP contribution >= 0.6 is 0 Å². The molecule has 0 saturated heterocycles. The van der Waals surface area contributed by atoms with Gasteiger partial charge in [0.15, 0.2) is 0 Å². The van der Waals surface area contributed by atoms with Crippen LogP contribution in [0.5, 0.6) is 0 Å². The lowest BCUT2D eigenvalue weighted by atomic mass is 10.1. The molecule has 1 N–H and O–H groups in total. The van der Waals surface area contributed by atoms with Crippen molar-refractivity contribution in [1.29, 1.82) is 10.7 Å². The predicted molar refractivity (Wildman–Crippen MR) is 51.5 cm³/mol. The van der Waals surface area contributed by atoms with Crippen molar-refractivity contribution < 1.29 is 4.42 Å². The Morgan fingerprint density at radius 1 is 1.36 bits per heavy atom. The third-order valence-electron chi connectivity index (χ3n) is 2.04. The number of nitrogens with zero attached hydrogens (tertiary/aromatic N) is 1. The van der Waals surface area contributed by atoms with Crippen LogP contribution in [0, 0.1) is 23.7 Å². The maximum Gasteiger partial charge on any atom is 0.229 e. The van der Waals surface area contributed by atoms with Crippen molar-refractivity contribution in [1.82, 2.24) is 0 Å². The molecular weight excluding hydrogens is 176 g/mol. The van der Waals surface area contributed by atoms with Crippen LogP contribution < -0.4 is 5.55 Å². The SMILES string of the molecule is Cc1ccc2oc(=N)c(C#N)cc2c1. The molecule has 0 aliphatic heterocycles. The van der Waals surface area contributed by atoms with Crippen LogP contribution in [-0.4, -0.2) is 0 Å². The summed E-state index contributed by atoms with van der Waals surface area (Å²) in [6.45, 7) is 1.97. The summed E-state index contributed by atoms with van der Waals surface area (Å²) in [6, 6.07) is 9.25. The highest BCUT2D eigenvalue weighted by Gasteiger charge is 2.01. The van der Waals surface area contributed by atoms with Crippen LogP contribution in [0.3, 0.4) is 0 Å². The fourth-order valence-electron chi connectivity index (χ4n) is 1.34. The summed E-state index contributed by atoms with van der Waals surface area (Å²) >= 11 is 0. The third kappa shape index (κ3) is 1.27. The highest BCUT2D eigenvalue weighted by molar-refractivity contribution is 5.78.